The van der Waals surface area contributed by atoms with Gasteiger partial charge in [-0.1, -0.05) is 12.1 Å². The standard InChI is InChI=1S/C24H21N3O4/c1-26-23(17-10-14-19(31-3)15-11-17)22(16-8-12-18(30-2)13-9-16)25-24(26)20-6-4-5-7-21(20)27(28)29/h4-15H,1-3H3. The molecule has 0 saturated carbocycles. The lowest BCUT2D eigenvalue weighted by Gasteiger charge is -2.09. The Morgan fingerprint density at radius 3 is 1.94 bits per heavy atom. The molecule has 0 spiro atoms. The van der Waals surface area contributed by atoms with Gasteiger partial charge in [0.05, 0.1) is 36.1 Å². The lowest BCUT2D eigenvalue weighted by atomic mass is 10.0. The fourth-order valence-electron chi connectivity index (χ4n) is 3.59. The highest BCUT2D eigenvalue weighted by atomic mass is 16.6. The van der Waals surface area contributed by atoms with E-state index < -0.39 is 0 Å². The molecule has 0 unspecified atom stereocenters. The predicted octanol–water partition coefficient (Wildman–Crippen LogP) is 5.35. The summed E-state index contributed by atoms with van der Waals surface area (Å²) in [6, 6.07) is 21.9. The van der Waals surface area contributed by atoms with Gasteiger partial charge >= 0.3 is 0 Å². The lowest BCUT2D eigenvalue weighted by molar-refractivity contribution is -0.384. The molecule has 0 saturated heterocycles. The van der Waals surface area contributed by atoms with E-state index in [1.165, 1.54) is 6.07 Å². The Bertz CT molecular complexity index is 1230. The van der Waals surface area contributed by atoms with Crippen LogP contribution in [0, 0.1) is 10.1 Å². The number of hydrogen-bond donors (Lipinski definition) is 0. The van der Waals surface area contributed by atoms with Crippen LogP contribution in [0.25, 0.3) is 33.9 Å². The third-order valence-electron chi connectivity index (χ3n) is 5.16. The van der Waals surface area contributed by atoms with Gasteiger partial charge in [-0.2, -0.15) is 0 Å². The Labute approximate surface area is 179 Å². The first-order valence-electron chi connectivity index (χ1n) is 9.63. The van der Waals surface area contributed by atoms with Crippen LogP contribution in [-0.4, -0.2) is 28.7 Å². The van der Waals surface area contributed by atoms with E-state index in [0.717, 1.165) is 34.0 Å². The van der Waals surface area contributed by atoms with E-state index >= 15 is 0 Å². The fraction of sp³-hybridized carbons (Fsp3) is 0.125. The first-order valence-corrected chi connectivity index (χ1v) is 9.63. The first kappa shape index (κ1) is 20.2. The van der Waals surface area contributed by atoms with E-state index in [0.29, 0.717) is 11.4 Å². The molecule has 0 amide bonds. The van der Waals surface area contributed by atoms with Crippen molar-refractivity contribution in [1.29, 1.82) is 0 Å². The third-order valence-corrected chi connectivity index (χ3v) is 5.16. The van der Waals surface area contributed by atoms with Gasteiger partial charge < -0.3 is 14.0 Å². The molecule has 1 heterocycles. The van der Waals surface area contributed by atoms with Crippen LogP contribution in [0.1, 0.15) is 0 Å². The molecule has 7 heteroatoms. The number of imidazole rings is 1. The lowest BCUT2D eigenvalue weighted by Crippen LogP contribution is -1.99. The van der Waals surface area contributed by atoms with Gasteiger partial charge in [0.2, 0.25) is 0 Å². The SMILES string of the molecule is COc1ccc(-c2nc(-c3ccccc3[N+](=O)[O-])n(C)c2-c2ccc(OC)cc2)cc1. The van der Waals surface area contributed by atoms with Crippen LogP contribution in [0.5, 0.6) is 11.5 Å². The average Bonchev–Trinajstić information content (AvgIpc) is 3.16. The Morgan fingerprint density at radius 1 is 0.839 bits per heavy atom. The number of methoxy groups -OCH3 is 2. The smallest absolute Gasteiger partial charge is 0.280 e. The number of ether oxygens (including phenoxy) is 2. The second kappa shape index (κ2) is 8.31. The van der Waals surface area contributed by atoms with Gasteiger partial charge in [-0.3, -0.25) is 10.1 Å². The van der Waals surface area contributed by atoms with Crippen LogP contribution in [0.4, 0.5) is 5.69 Å². The van der Waals surface area contributed by atoms with Crippen molar-refractivity contribution in [3.8, 4) is 45.4 Å². The summed E-state index contributed by atoms with van der Waals surface area (Å²) in [5.41, 5.74) is 3.85. The second-order valence-electron chi connectivity index (χ2n) is 6.92. The molecule has 1 aromatic heterocycles. The number of benzene rings is 3. The Kier molecular flexibility index (Phi) is 5.41. The summed E-state index contributed by atoms with van der Waals surface area (Å²) in [7, 11) is 5.10. The molecule has 3 aromatic carbocycles. The summed E-state index contributed by atoms with van der Waals surface area (Å²) in [6.45, 7) is 0. The zero-order chi connectivity index (χ0) is 22.0. The highest BCUT2D eigenvalue weighted by Crippen LogP contribution is 2.38. The number of rotatable bonds is 6. The normalized spacial score (nSPS) is 10.7. The molecule has 4 rings (SSSR count). The highest BCUT2D eigenvalue weighted by Gasteiger charge is 2.24. The quantitative estimate of drug-likeness (QED) is 0.313. The zero-order valence-electron chi connectivity index (χ0n) is 17.4. The number of nitrogens with zero attached hydrogens (tertiary/aromatic N) is 3. The van der Waals surface area contributed by atoms with Crippen molar-refractivity contribution in [3.05, 3.63) is 82.9 Å². The highest BCUT2D eigenvalue weighted by molar-refractivity contribution is 5.83. The topological polar surface area (TPSA) is 79.4 Å². The van der Waals surface area contributed by atoms with Gasteiger partial charge in [0, 0.05) is 24.2 Å². The van der Waals surface area contributed by atoms with Gasteiger partial charge in [-0.25, -0.2) is 4.98 Å². The number of para-hydroxylation sites is 1. The van der Waals surface area contributed by atoms with Crippen LogP contribution >= 0.6 is 0 Å². The van der Waals surface area contributed by atoms with Crippen LogP contribution in [-0.2, 0) is 7.05 Å². The average molecular weight is 415 g/mol. The van der Waals surface area contributed by atoms with Gasteiger partial charge in [0.1, 0.15) is 17.3 Å². The molecule has 31 heavy (non-hydrogen) atoms. The molecule has 0 atom stereocenters. The minimum absolute atomic E-state index is 0.0122. The van der Waals surface area contributed by atoms with Gasteiger partial charge in [0.25, 0.3) is 5.69 Å². The molecule has 0 bridgehead atoms. The molecule has 0 aliphatic carbocycles. The van der Waals surface area contributed by atoms with E-state index in [1.54, 1.807) is 32.4 Å². The van der Waals surface area contributed by atoms with Crippen LogP contribution < -0.4 is 9.47 Å². The number of aromatic nitrogens is 2. The van der Waals surface area contributed by atoms with E-state index in [9.17, 15) is 10.1 Å². The molecule has 156 valence electrons. The molecule has 0 N–H and O–H groups in total. The van der Waals surface area contributed by atoms with Crippen LogP contribution in [0.3, 0.4) is 0 Å². The molecule has 0 radical (unpaired) electrons. The maximum atomic E-state index is 11.6. The van der Waals surface area contributed by atoms with Crippen molar-refractivity contribution in [1.82, 2.24) is 9.55 Å². The predicted molar refractivity (Wildman–Crippen MR) is 119 cm³/mol. The number of nitro benzene ring substituents is 1. The molecular formula is C24H21N3O4. The van der Waals surface area contributed by atoms with E-state index in [-0.39, 0.29) is 10.6 Å². The second-order valence-corrected chi connectivity index (χ2v) is 6.92. The monoisotopic (exact) mass is 415 g/mol. The molecule has 4 aromatic rings. The van der Waals surface area contributed by atoms with Gasteiger partial charge in [-0.15, -0.1) is 0 Å². The summed E-state index contributed by atoms with van der Waals surface area (Å²) in [5, 5.41) is 11.6. The summed E-state index contributed by atoms with van der Waals surface area (Å²) in [5.74, 6) is 2.00. The van der Waals surface area contributed by atoms with Crippen molar-refractivity contribution in [3.63, 3.8) is 0 Å². The minimum Gasteiger partial charge on any atom is -0.497 e. The van der Waals surface area contributed by atoms with Crippen molar-refractivity contribution >= 4 is 5.69 Å². The van der Waals surface area contributed by atoms with E-state index in [2.05, 4.69) is 0 Å². The molecule has 0 fully saturated rings. The Morgan fingerprint density at radius 2 is 1.39 bits per heavy atom. The van der Waals surface area contributed by atoms with Crippen molar-refractivity contribution in [2.24, 2.45) is 7.05 Å². The van der Waals surface area contributed by atoms with Crippen molar-refractivity contribution in [2.75, 3.05) is 14.2 Å². The fourth-order valence-corrected chi connectivity index (χ4v) is 3.59. The molecule has 7 nitrogen and oxygen atoms in total. The maximum absolute atomic E-state index is 11.6. The van der Waals surface area contributed by atoms with Crippen LogP contribution in [0.15, 0.2) is 72.8 Å². The van der Waals surface area contributed by atoms with E-state index in [1.807, 2.05) is 60.1 Å². The summed E-state index contributed by atoms with van der Waals surface area (Å²) < 4.78 is 12.4. The molecule has 0 aliphatic rings. The van der Waals surface area contributed by atoms with Gasteiger partial charge in [-0.05, 0) is 54.6 Å². The van der Waals surface area contributed by atoms with Gasteiger partial charge in [0.15, 0.2) is 0 Å². The van der Waals surface area contributed by atoms with Crippen molar-refractivity contribution < 1.29 is 14.4 Å². The third kappa shape index (κ3) is 3.73. The zero-order valence-corrected chi connectivity index (χ0v) is 17.4. The summed E-state index contributed by atoms with van der Waals surface area (Å²) >= 11 is 0. The number of hydrogen-bond acceptors (Lipinski definition) is 5. The minimum atomic E-state index is -0.385. The Hall–Kier alpha value is -4.13. The van der Waals surface area contributed by atoms with Crippen LogP contribution in [0.2, 0.25) is 0 Å². The molecular weight excluding hydrogens is 394 g/mol. The van der Waals surface area contributed by atoms with E-state index in [4.69, 9.17) is 14.5 Å². The molecule has 0 aliphatic heterocycles. The largest absolute Gasteiger partial charge is 0.497 e. The first-order chi connectivity index (χ1) is 15.0. The summed E-state index contributed by atoms with van der Waals surface area (Å²) in [4.78, 5) is 16.1. The Balaban J connectivity index is 1.96. The summed E-state index contributed by atoms with van der Waals surface area (Å²) in [6.07, 6.45) is 0. The van der Waals surface area contributed by atoms with Crippen molar-refractivity contribution in [2.45, 2.75) is 0 Å². The maximum Gasteiger partial charge on any atom is 0.280 e. The number of nitro groups is 1.